The van der Waals surface area contributed by atoms with Crippen LogP contribution in [-0.2, 0) is 13.0 Å². The summed E-state index contributed by atoms with van der Waals surface area (Å²) in [7, 11) is 0. The van der Waals surface area contributed by atoms with E-state index in [1.807, 2.05) is 20.0 Å². The smallest absolute Gasteiger partial charge is 0.135 e. The lowest BCUT2D eigenvalue weighted by Crippen LogP contribution is -2.32. The van der Waals surface area contributed by atoms with Crippen LogP contribution in [0.4, 0.5) is 16.0 Å². The summed E-state index contributed by atoms with van der Waals surface area (Å²) in [5.41, 5.74) is 4.33. The molecule has 1 aromatic carbocycles. The minimum absolute atomic E-state index is 0.0116. The molecule has 138 valence electrons. The number of halogens is 1. The van der Waals surface area contributed by atoms with Gasteiger partial charge in [0.1, 0.15) is 23.8 Å². The zero-order chi connectivity index (χ0) is 18.8. The van der Waals surface area contributed by atoms with Gasteiger partial charge in [0.25, 0.3) is 0 Å². The van der Waals surface area contributed by atoms with Crippen molar-refractivity contribution in [2.45, 2.75) is 32.9 Å². The largest absolute Gasteiger partial charge is 0.363 e. The second-order valence-electron chi connectivity index (χ2n) is 6.93. The standard InChI is InChI=1S/C21H22FN5/c1-14-3-8-20(23-11-14)27-10-9-19-18(12-27)21(25-13-24-19)26-15(2)16-4-6-17(22)7-5-16/h3-8,11,13,15H,9-10,12H2,1-2H3,(H,24,25,26)/t15-/m1/s1. The molecule has 1 atom stereocenters. The quantitative estimate of drug-likeness (QED) is 0.758. The number of hydrogen-bond donors (Lipinski definition) is 1. The highest BCUT2D eigenvalue weighted by Gasteiger charge is 2.22. The lowest BCUT2D eigenvalue weighted by atomic mass is 10.0. The van der Waals surface area contributed by atoms with Crippen LogP contribution in [-0.4, -0.2) is 21.5 Å². The fraction of sp³-hybridized carbons (Fsp3) is 0.286. The highest BCUT2D eigenvalue weighted by molar-refractivity contribution is 5.53. The topological polar surface area (TPSA) is 53.9 Å². The maximum atomic E-state index is 13.2. The number of aromatic nitrogens is 3. The van der Waals surface area contributed by atoms with Crippen LogP contribution in [0, 0.1) is 12.7 Å². The zero-order valence-electron chi connectivity index (χ0n) is 15.5. The highest BCUT2D eigenvalue weighted by atomic mass is 19.1. The van der Waals surface area contributed by atoms with E-state index in [1.54, 1.807) is 18.5 Å². The van der Waals surface area contributed by atoms with Gasteiger partial charge in [0.2, 0.25) is 0 Å². The van der Waals surface area contributed by atoms with E-state index in [-0.39, 0.29) is 11.9 Å². The van der Waals surface area contributed by atoms with Crippen molar-refractivity contribution < 1.29 is 4.39 Å². The van der Waals surface area contributed by atoms with E-state index in [0.29, 0.717) is 6.54 Å². The van der Waals surface area contributed by atoms with Gasteiger partial charge in [-0.3, -0.25) is 0 Å². The maximum Gasteiger partial charge on any atom is 0.135 e. The monoisotopic (exact) mass is 363 g/mol. The highest BCUT2D eigenvalue weighted by Crippen LogP contribution is 2.28. The third kappa shape index (κ3) is 3.74. The SMILES string of the molecule is Cc1ccc(N2CCc3ncnc(N[C@H](C)c4ccc(F)cc4)c3C2)nc1. The van der Waals surface area contributed by atoms with E-state index in [2.05, 4.69) is 37.3 Å². The van der Waals surface area contributed by atoms with Crippen LogP contribution in [0.2, 0.25) is 0 Å². The Kier molecular flexibility index (Phi) is 4.71. The molecule has 3 heterocycles. The molecule has 0 saturated heterocycles. The fourth-order valence-electron chi connectivity index (χ4n) is 3.35. The molecule has 5 nitrogen and oxygen atoms in total. The molecule has 1 aliphatic rings. The summed E-state index contributed by atoms with van der Waals surface area (Å²) in [5, 5.41) is 3.47. The molecule has 4 rings (SSSR count). The Bertz CT molecular complexity index is 924. The van der Waals surface area contributed by atoms with Crippen molar-refractivity contribution in [3.05, 3.63) is 77.1 Å². The molecule has 0 radical (unpaired) electrons. The molecule has 1 N–H and O–H groups in total. The molecule has 0 spiro atoms. The second kappa shape index (κ2) is 7.31. The Hall–Kier alpha value is -3.02. The molecule has 2 aromatic heterocycles. The lowest BCUT2D eigenvalue weighted by molar-refractivity contribution is 0.626. The van der Waals surface area contributed by atoms with Crippen LogP contribution in [0.25, 0.3) is 0 Å². The number of aryl methyl sites for hydroxylation is 1. The van der Waals surface area contributed by atoms with E-state index in [1.165, 1.54) is 12.1 Å². The molecule has 0 bridgehead atoms. The first-order valence-corrected chi connectivity index (χ1v) is 9.12. The number of nitrogens with zero attached hydrogens (tertiary/aromatic N) is 4. The van der Waals surface area contributed by atoms with Crippen molar-refractivity contribution in [1.82, 2.24) is 15.0 Å². The predicted molar refractivity (Wildman–Crippen MR) is 104 cm³/mol. The molecule has 0 fully saturated rings. The Balaban J connectivity index is 1.57. The van der Waals surface area contributed by atoms with Gasteiger partial charge in [0.15, 0.2) is 0 Å². The summed E-state index contributed by atoms with van der Waals surface area (Å²) in [4.78, 5) is 15.7. The first kappa shape index (κ1) is 17.4. The Morgan fingerprint density at radius 3 is 2.63 bits per heavy atom. The molecule has 3 aromatic rings. The van der Waals surface area contributed by atoms with Crippen LogP contribution in [0.3, 0.4) is 0 Å². The number of nitrogens with one attached hydrogen (secondary N) is 1. The number of anilines is 2. The van der Waals surface area contributed by atoms with Gasteiger partial charge in [-0.25, -0.2) is 19.3 Å². The van der Waals surface area contributed by atoms with Gasteiger partial charge in [-0.2, -0.15) is 0 Å². The molecule has 27 heavy (non-hydrogen) atoms. The van der Waals surface area contributed by atoms with Crippen molar-refractivity contribution in [2.24, 2.45) is 0 Å². The third-order valence-electron chi connectivity index (χ3n) is 4.95. The Labute approximate surface area is 158 Å². The molecule has 0 amide bonds. The van der Waals surface area contributed by atoms with Crippen LogP contribution in [0.1, 0.15) is 35.3 Å². The molecular formula is C21H22FN5. The van der Waals surface area contributed by atoms with Crippen LogP contribution >= 0.6 is 0 Å². The van der Waals surface area contributed by atoms with Crippen molar-refractivity contribution in [1.29, 1.82) is 0 Å². The minimum atomic E-state index is -0.230. The van der Waals surface area contributed by atoms with Gasteiger partial charge < -0.3 is 10.2 Å². The van der Waals surface area contributed by atoms with Crippen LogP contribution in [0.5, 0.6) is 0 Å². The number of rotatable bonds is 4. The molecule has 1 aliphatic heterocycles. The molecular weight excluding hydrogens is 341 g/mol. The van der Waals surface area contributed by atoms with Gasteiger partial charge in [0, 0.05) is 37.3 Å². The molecule has 0 saturated carbocycles. The number of pyridine rings is 1. The normalized spacial score (nSPS) is 14.6. The van der Waals surface area contributed by atoms with Crippen molar-refractivity contribution in [3.63, 3.8) is 0 Å². The Morgan fingerprint density at radius 1 is 1.07 bits per heavy atom. The van der Waals surface area contributed by atoms with Crippen LogP contribution in [0.15, 0.2) is 48.9 Å². The third-order valence-corrected chi connectivity index (χ3v) is 4.95. The first-order valence-electron chi connectivity index (χ1n) is 9.12. The van der Waals surface area contributed by atoms with E-state index in [0.717, 1.165) is 47.0 Å². The van der Waals surface area contributed by atoms with E-state index < -0.39 is 0 Å². The second-order valence-corrected chi connectivity index (χ2v) is 6.93. The zero-order valence-corrected chi connectivity index (χ0v) is 15.5. The fourth-order valence-corrected chi connectivity index (χ4v) is 3.35. The van der Waals surface area contributed by atoms with Gasteiger partial charge >= 0.3 is 0 Å². The summed E-state index contributed by atoms with van der Waals surface area (Å²) in [6, 6.07) is 10.7. The predicted octanol–water partition coefficient (Wildman–Crippen LogP) is 4.05. The number of fused-ring (bicyclic) bond motifs is 1. The van der Waals surface area contributed by atoms with Gasteiger partial charge in [0.05, 0.1) is 5.69 Å². The lowest BCUT2D eigenvalue weighted by Gasteiger charge is -2.30. The van der Waals surface area contributed by atoms with Gasteiger partial charge in [-0.05, 0) is 43.2 Å². The van der Waals surface area contributed by atoms with Crippen molar-refractivity contribution in [2.75, 3.05) is 16.8 Å². The van der Waals surface area contributed by atoms with Gasteiger partial charge in [-0.1, -0.05) is 18.2 Å². The van der Waals surface area contributed by atoms with E-state index in [4.69, 9.17) is 0 Å². The average Bonchev–Trinajstić information content (AvgIpc) is 2.69. The number of benzene rings is 1. The molecule has 0 unspecified atom stereocenters. The summed E-state index contributed by atoms with van der Waals surface area (Å²) in [6.45, 7) is 5.68. The summed E-state index contributed by atoms with van der Waals surface area (Å²) in [5.74, 6) is 1.56. The van der Waals surface area contributed by atoms with Crippen molar-refractivity contribution >= 4 is 11.6 Å². The van der Waals surface area contributed by atoms with Crippen LogP contribution < -0.4 is 10.2 Å². The van der Waals surface area contributed by atoms with Gasteiger partial charge in [-0.15, -0.1) is 0 Å². The first-order chi connectivity index (χ1) is 13.1. The summed E-state index contributed by atoms with van der Waals surface area (Å²) >= 11 is 0. The molecule has 0 aliphatic carbocycles. The summed E-state index contributed by atoms with van der Waals surface area (Å²) < 4.78 is 13.2. The van der Waals surface area contributed by atoms with Crippen molar-refractivity contribution in [3.8, 4) is 0 Å². The van der Waals surface area contributed by atoms with E-state index in [9.17, 15) is 4.39 Å². The molecule has 6 heteroatoms. The minimum Gasteiger partial charge on any atom is -0.363 e. The number of hydrogen-bond acceptors (Lipinski definition) is 5. The Morgan fingerprint density at radius 2 is 1.89 bits per heavy atom. The average molecular weight is 363 g/mol. The summed E-state index contributed by atoms with van der Waals surface area (Å²) in [6.07, 6.45) is 4.35. The maximum absolute atomic E-state index is 13.2. The van der Waals surface area contributed by atoms with E-state index >= 15 is 0 Å².